The monoisotopic (exact) mass is 594 g/mol. The van der Waals surface area contributed by atoms with Crippen LogP contribution in [0.1, 0.15) is 34.0 Å². The van der Waals surface area contributed by atoms with E-state index in [0.29, 0.717) is 10.3 Å². The molecule has 0 aliphatic heterocycles. The molecule has 0 unspecified atom stereocenters. The number of nitrogens with zero attached hydrogens (tertiary/aromatic N) is 6. The zero-order valence-electron chi connectivity index (χ0n) is 22.5. The molecule has 0 saturated heterocycles. The number of aromatic nitrogens is 6. The fourth-order valence-electron chi connectivity index (χ4n) is 4.53. The van der Waals surface area contributed by atoms with Crippen LogP contribution in [0.25, 0.3) is 21.8 Å². The van der Waals surface area contributed by atoms with Crippen molar-refractivity contribution < 1.29 is 9.59 Å². The third-order valence-corrected chi connectivity index (χ3v) is 8.32. The Morgan fingerprint density at radius 3 is 1.57 bits per heavy atom. The van der Waals surface area contributed by atoms with E-state index in [1.807, 2.05) is 60.7 Å². The Hall–Kier alpha value is -4.68. The van der Waals surface area contributed by atoms with Gasteiger partial charge in [0.2, 0.25) is 22.1 Å². The first-order valence-corrected chi connectivity index (χ1v) is 15.1. The Kier molecular flexibility index (Phi) is 8.43. The predicted octanol–water partition coefficient (Wildman–Crippen LogP) is 5.41. The van der Waals surface area contributed by atoms with E-state index in [2.05, 4.69) is 41.0 Å². The number of fused-ring (bicyclic) bond motifs is 2. The molecule has 2 N–H and O–H groups in total. The van der Waals surface area contributed by atoms with Gasteiger partial charge in [-0.3, -0.25) is 19.6 Å². The predicted molar refractivity (Wildman–Crippen MR) is 165 cm³/mol. The van der Waals surface area contributed by atoms with Crippen LogP contribution in [0.15, 0.2) is 73.1 Å². The zero-order valence-corrected chi connectivity index (χ0v) is 24.1. The maximum absolute atomic E-state index is 12.5. The molecule has 0 spiro atoms. The third kappa shape index (κ3) is 7.14. The van der Waals surface area contributed by atoms with Crippen molar-refractivity contribution in [3.8, 4) is 0 Å². The molecule has 6 rings (SSSR count). The quantitative estimate of drug-likeness (QED) is 0.190. The van der Waals surface area contributed by atoms with Crippen LogP contribution in [0.3, 0.4) is 0 Å². The molecule has 0 aliphatic carbocycles. The van der Waals surface area contributed by atoms with Crippen molar-refractivity contribution in [2.45, 2.75) is 38.5 Å². The van der Waals surface area contributed by atoms with Gasteiger partial charge in [-0.2, -0.15) is 0 Å². The normalized spacial score (nSPS) is 11.1. The van der Waals surface area contributed by atoms with E-state index in [0.717, 1.165) is 68.6 Å². The van der Waals surface area contributed by atoms with E-state index < -0.39 is 0 Å². The van der Waals surface area contributed by atoms with Crippen molar-refractivity contribution in [3.63, 3.8) is 0 Å². The number of aryl methyl sites for hydroxylation is 2. The zero-order chi connectivity index (χ0) is 28.7. The van der Waals surface area contributed by atoms with Crippen LogP contribution in [-0.4, -0.2) is 42.2 Å². The van der Waals surface area contributed by atoms with Gasteiger partial charge in [0.15, 0.2) is 0 Å². The van der Waals surface area contributed by atoms with Gasteiger partial charge in [0, 0.05) is 36.0 Å². The SMILES string of the molecule is O=C(Cc1ccc2ncccc2c1)Nc1nnc(CCCCc2nnc(NC(=O)Cc3ccc4ncccc4c3)s2)s1. The summed E-state index contributed by atoms with van der Waals surface area (Å²) in [5.74, 6) is -0.260. The lowest BCUT2D eigenvalue weighted by molar-refractivity contribution is -0.116. The summed E-state index contributed by atoms with van der Waals surface area (Å²) < 4.78 is 0. The number of carbonyl (C=O) groups is 2. The van der Waals surface area contributed by atoms with Gasteiger partial charge in [-0.25, -0.2) is 0 Å². The smallest absolute Gasteiger partial charge is 0.230 e. The molecule has 0 saturated carbocycles. The third-order valence-electron chi connectivity index (χ3n) is 6.52. The lowest BCUT2D eigenvalue weighted by atomic mass is 10.1. The van der Waals surface area contributed by atoms with Crippen molar-refractivity contribution in [1.82, 2.24) is 30.4 Å². The first-order chi connectivity index (χ1) is 20.6. The molecule has 2 amide bonds. The number of unbranched alkanes of at least 4 members (excludes halogenated alkanes) is 1. The average molecular weight is 595 g/mol. The highest BCUT2D eigenvalue weighted by atomic mass is 32.1. The Morgan fingerprint density at radius 2 is 1.10 bits per heavy atom. The molecule has 4 aromatic heterocycles. The lowest BCUT2D eigenvalue weighted by Crippen LogP contribution is -2.14. The van der Waals surface area contributed by atoms with Crippen molar-refractivity contribution in [2.75, 3.05) is 10.6 Å². The molecule has 4 heterocycles. The second-order valence-electron chi connectivity index (χ2n) is 9.72. The van der Waals surface area contributed by atoms with Gasteiger partial charge in [-0.15, -0.1) is 20.4 Å². The second-order valence-corrected chi connectivity index (χ2v) is 11.8. The van der Waals surface area contributed by atoms with Gasteiger partial charge in [-0.05, 0) is 60.4 Å². The highest BCUT2D eigenvalue weighted by molar-refractivity contribution is 7.15. The van der Waals surface area contributed by atoms with E-state index >= 15 is 0 Å². The fraction of sp³-hybridized carbons (Fsp3) is 0.200. The first kappa shape index (κ1) is 27.5. The molecule has 6 aromatic rings. The molecule has 12 heteroatoms. The number of nitrogens with one attached hydrogen (secondary N) is 2. The summed E-state index contributed by atoms with van der Waals surface area (Å²) in [5.41, 5.74) is 3.64. The van der Waals surface area contributed by atoms with Gasteiger partial charge < -0.3 is 10.6 Å². The minimum absolute atomic E-state index is 0.130. The Labute approximate surface area is 249 Å². The number of carbonyl (C=O) groups excluding carboxylic acids is 2. The van der Waals surface area contributed by atoms with Crippen LogP contribution in [0.5, 0.6) is 0 Å². The standard InChI is InChI=1S/C30H26N8O2S2/c39-25(17-19-9-11-23-21(15-19)5-3-13-31-23)33-29-37-35-27(41-29)7-1-2-8-28-36-38-30(42-28)34-26(40)18-20-10-12-24-22(16-20)6-4-14-32-24/h3-6,9-16H,1-2,7-8,17-18H2,(H,33,37,39)(H,34,38,40). The fourth-order valence-corrected chi connectivity index (χ4v) is 6.13. The van der Waals surface area contributed by atoms with Gasteiger partial charge in [-0.1, -0.05) is 46.9 Å². The van der Waals surface area contributed by atoms with E-state index in [1.165, 1.54) is 22.7 Å². The maximum atomic E-state index is 12.5. The molecule has 2 aromatic carbocycles. The van der Waals surface area contributed by atoms with Crippen molar-refractivity contribution >= 4 is 66.6 Å². The van der Waals surface area contributed by atoms with Gasteiger partial charge in [0.25, 0.3) is 0 Å². The summed E-state index contributed by atoms with van der Waals surface area (Å²) in [4.78, 5) is 33.7. The number of anilines is 2. The van der Waals surface area contributed by atoms with Crippen molar-refractivity contribution in [1.29, 1.82) is 0 Å². The summed E-state index contributed by atoms with van der Waals surface area (Å²) in [7, 11) is 0. The molecule has 0 atom stereocenters. The molecule has 0 bridgehead atoms. The summed E-state index contributed by atoms with van der Waals surface area (Å²) in [6, 6.07) is 19.4. The van der Waals surface area contributed by atoms with Gasteiger partial charge >= 0.3 is 0 Å². The van der Waals surface area contributed by atoms with Gasteiger partial charge in [0.05, 0.1) is 23.9 Å². The molecular formula is C30H26N8O2S2. The largest absolute Gasteiger partial charge is 0.300 e. The minimum atomic E-state index is -0.130. The van der Waals surface area contributed by atoms with E-state index in [4.69, 9.17) is 0 Å². The number of pyridine rings is 2. The summed E-state index contributed by atoms with van der Waals surface area (Å²) in [5, 5.41) is 27.1. The number of hydrogen-bond donors (Lipinski definition) is 2. The maximum Gasteiger partial charge on any atom is 0.230 e. The molecule has 0 radical (unpaired) electrons. The van der Waals surface area contributed by atoms with Crippen molar-refractivity contribution in [2.24, 2.45) is 0 Å². The second kappa shape index (κ2) is 12.9. The van der Waals surface area contributed by atoms with E-state index in [9.17, 15) is 9.59 Å². The molecule has 210 valence electrons. The summed E-state index contributed by atoms with van der Waals surface area (Å²) in [6.45, 7) is 0. The average Bonchev–Trinajstić information content (AvgIpc) is 3.64. The Balaban J connectivity index is 0.915. The molecule has 42 heavy (non-hydrogen) atoms. The van der Waals surface area contributed by atoms with Crippen LogP contribution in [-0.2, 0) is 35.3 Å². The number of benzene rings is 2. The molecule has 10 nitrogen and oxygen atoms in total. The van der Waals surface area contributed by atoms with Crippen LogP contribution >= 0.6 is 22.7 Å². The number of rotatable bonds is 11. The Bertz CT molecular complexity index is 1730. The van der Waals surface area contributed by atoms with E-state index in [1.54, 1.807) is 12.4 Å². The lowest BCUT2D eigenvalue weighted by Gasteiger charge is -2.03. The van der Waals surface area contributed by atoms with Crippen LogP contribution in [0.2, 0.25) is 0 Å². The molecule has 0 fully saturated rings. The summed E-state index contributed by atoms with van der Waals surface area (Å²) in [6.07, 6.45) is 7.32. The van der Waals surface area contributed by atoms with Crippen molar-refractivity contribution in [3.05, 3.63) is 94.2 Å². The highest BCUT2D eigenvalue weighted by Gasteiger charge is 2.12. The van der Waals surface area contributed by atoms with Crippen LogP contribution < -0.4 is 10.6 Å². The molecular weight excluding hydrogens is 569 g/mol. The number of hydrogen-bond acceptors (Lipinski definition) is 10. The first-order valence-electron chi connectivity index (χ1n) is 13.5. The Morgan fingerprint density at radius 1 is 0.619 bits per heavy atom. The minimum Gasteiger partial charge on any atom is -0.300 e. The number of amides is 2. The van der Waals surface area contributed by atoms with Gasteiger partial charge in [0.1, 0.15) is 10.0 Å². The highest BCUT2D eigenvalue weighted by Crippen LogP contribution is 2.21. The van der Waals surface area contributed by atoms with Crippen LogP contribution in [0.4, 0.5) is 10.3 Å². The summed E-state index contributed by atoms with van der Waals surface area (Å²) >= 11 is 2.78. The van der Waals surface area contributed by atoms with E-state index in [-0.39, 0.29) is 24.7 Å². The topological polar surface area (TPSA) is 136 Å². The molecule has 0 aliphatic rings. The van der Waals surface area contributed by atoms with Crippen LogP contribution in [0, 0.1) is 0 Å².